The van der Waals surface area contributed by atoms with Crippen molar-refractivity contribution in [2.45, 2.75) is 39.9 Å². The number of aryl methyl sites for hydroxylation is 2. The Balaban J connectivity index is 2.04. The lowest BCUT2D eigenvalue weighted by Crippen LogP contribution is -2.18. The first-order valence-electron chi connectivity index (χ1n) is 9.45. The van der Waals surface area contributed by atoms with Gasteiger partial charge in [0.2, 0.25) is 0 Å². The molecule has 0 spiro atoms. The quantitative estimate of drug-likeness (QED) is 0.667. The highest BCUT2D eigenvalue weighted by Gasteiger charge is 2.30. The van der Waals surface area contributed by atoms with Gasteiger partial charge in [0.15, 0.2) is 6.10 Å². The molecule has 0 amide bonds. The van der Waals surface area contributed by atoms with E-state index < -0.39 is 12.1 Å². The third-order valence-corrected chi connectivity index (χ3v) is 6.20. The Morgan fingerprint density at radius 1 is 1.32 bits per heavy atom. The Hall–Kier alpha value is -2.28. The van der Waals surface area contributed by atoms with Gasteiger partial charge in [-0.05, 0) is 38.3 Å². The van der Waals surface area contributed by atoms with Crippen LogP contribution in [-0.4, -0.2) is 29.3 Å². The number of benzene rings is 1. The van der Waals surface area contributed by atoms with E-state index >= 15 is 0 Å². The SMILES string of the molecule is CCOC(=O)C(O)c1c(C)nc2sc3c(c2c1-c1ccc(C)cc1)CCOC3. The summed E-state index contributed by atoms with van der Waals surface area (Å²) in [6.07, 6.45) is -0.572. The Labute approximate surface area is 167 Å². The molecule has 1 aliphatic rings. The second kappa shape index (κ2) is 7.62. The van der Waals surface area contributed by atoms with Crippen molar-refractivity contribution in [1.29, 1.82) is 0 Å². The number of ether oxygens (including phenoxy) is 2. The van der Waals surface area contributed by atoms with E-state index in [4.69, 9.17) is 14.5 Å². The average Bonchev–Trinajstić information content (AvgIpc) is 3.05. The van der Waals surface area contributed by atoms with Crippen LogP contribution in [0.4, 0.5) is 0 Å². The lowest BCUT2D eigenvalue weighted by Gasteiger charge is -2.20. The molecule has 28 heavy (non-hydrogen) atoms. The fourth-order valence-corrected chi connectivity index (χ4v) is 4.99. The first-order chi connectivity index (χ1) is 13.5. The highest BCUT2D eigenvalue weighted by Crippen LogP contribution is 2.43. The Bertz CT molecular complexity index is 1040. The summed E-state index contributed by atoms with van der Waals surface area (Å²) in [5.74, 6) is -0.646. The number of pyridine rings is 1. The molecule has 0 aliphatic carbocycles. The number of rotatable bonds is 4. The predicted octanol–water partition coefficient (Wildman–Crippen LogP) is 4.25. The van der Waals surface area contributed by atoms with Gasteiger partial charge in [0.1, 0.15) is 4.83 Å². The zero-order valence-electron chi connectivity index (χ0n) is 16.2. The Morgan fingerprint density at radius 3 is 2.79 bits per heavy atom. The predicted molar refractivity (Wildman–Crippen MR) is 109 cm³/mol. The van der Waals surface area contributed by atoms with Crippen LogP contribution >= 0.6 is 11.3 Å². The molecule has 1 unspecified atom stereocenters. The minimum absolute atomic E-state index is 0.218. The molecule has 1 aromatic carbocycles. The van der Waals surface area contributed by atoms with Gasteiger partial charge in [0.05, 0.1) is 19.8 Å². The van der Waals surface area contributed by atoms with E-state index in [0.717, 1.165) is 33.3 Å². The molecule has 0 radical (unpaired) electrons. The van der Waals surface area contributed by atoms with Crippen LogP contribution in [0, 0.1) is 13.8 Å². The average molecular weight is 397 g/mol. The van der Waals surface area contributed by atoms with Gasteiger partial charge in [0, 0.05) is 27.1 Å². The maximum Gasteiger partial charge on any atom is 0.339 e. The van der Waals surface area contributed by atoms with Gasteiger partial charge >= 0.3 is 5.97 Å². The van der Waals surface area contributed by atoms with Crippen LogP contribution in [0.5, 0.6) is 0 Å². The van der Waals surface area contributed by atoms with Gasteiger partial charge in [-0.2, -0.15) is 0 Å². The van der Waals surface area contributed by atoms with Crippen LogP contribution in [0.3, 0.4) is 0 Å². The molecule has 3 heterocycles. The molecule has 3 aromatic rings. The minimum atomic E-state index is -1.37. The zero-order chi connectivity index (χ0) is 19.8. The number of thiophene rings is 1. The number of aliphatic hydroxyl groups excluding tert-OH is 1. The zero-order valence-corrected chi connectivity index (χ0v) is 17.1. The molecular formula is C22H23NO4S. The molecule has 0 bridgehead atoms. The van der Waals surface area contributed by atoms with E-state index in [2.05, 4.69) is 0 Å². The Kier molecular flexibility index (Phi) is 5.19. The number of carbonyl (C=O) groups is 1. The van der Waals surface area contributed by atoms with Gasteiger partial charge in [-0.15, -0.1) is 11.3 Å². The van der Waals surface area contributed by atoms with Crippen LogP contribution in [0.15, 0.2) is 24.3 Å². The van der Waals surface area contributed by atoms with Crippen molar-refractivity contribution < 1.29 is 19.4 Å². The normalized spacial score (nSPS) is 14.7. The van der Waals surface area contributed by atoms with Crippen LogP contribution in [-0.2, 0) is 27.3 Å². The Morgan fingerprint density at radius 2 is 2.07 bits per heavy atom. The monoisotopic (exact) mass is 397 g/mol. The first-order valence-corrected chi connectivity index (χ1v) is 10.3. The molecule has 146 valence electrons. The van der Waals surface area contributed by atoms with Gasteiger partial charge in [-0.3, -0.25) is 0 Å². The highest BCUT2D eigenvalue weighted by molar-refractivity contribution is 7.19. The number of fused-ring (bicyclic) bond motifs is 3. The number of nitrogens with zero attached hydrogens (tertiary/aromatic N) is 1. The van der Waals surface area contributed by atoms with Crippen LogP contribution in [0.2, 0.25) is 0 Å². The van der Waals surface area contributed by atoms with Crippen molar-refractivity contribution in [2.75, 3.05) is 13.2 Å². The summed E-state index contributed by atoms with van der Waals surface area (Å²) in [5.41, 5.74) is 5.38. The standard InChI is InChI=1S/C22H23NO4S/c1-4-27-22(25)20(24)17-13(3)23-21-19(15-9-10-26-11-16(15)28-21)18(17)14-7-5-12(2)6-8-14/h5-8,20,24H,4,9-11H2,1-3H3. The number of aliphatic hydroxyl groups is 1. The number of hydrogen-bond donors (Lipinski definition) is 1. The second-order valence-electron chi connectivity index (χ2n) is 6.99. The molecule has 0 fully saturated rings. The van der Waals surface area contributed by atoms with Crippen molar-refractivity contribution in [3.8, 4) is 11.1 Å². The molecule has 0 saturated heterocycles. The van der Waals surface area contributed by atoms with Gasteiger partial charge < -0.3 is 14.6 Å². The third kappa shape index (κ3) is 3.21. The summed E-state index contributed by atoms with van der Waals surface area (Å²) in [6, 6.07) is 8.15. The van der Waals surface area contributed by atoms with Crippen molar-refractivity contribution in [1.82, 2.24) is 4.98 Å². The van der Waals surface area contributed by atoms with Crippen molar-refractivity contribution >= 4 is 27.5 Å². The molecule has 4 rings (SSSR count). The van der Waals surface area contributed by atoms with E-state index in [-0.39, 0.29) is 6.61 Å². The van der Waals surface area contributed by atoms with Gasteiger partial charge in [-0.1, -0.05) is 29.8 Å². The summed E-state index contributed by atoms with van der Waals surface area (Å²) in [7, 11) is 0. The van der Waals surface area contributed by atoms with Gasteiger partial charge in [0.25, 0.3) is 0 Å². The number of carbonyl (C=O) groups excluding carboxylic acids is 1. The number of hydrogen-bond acceptors (Lipinski definition) is 6. The lowest BCUT2D eigenvalue weighted by atomic mass is 9.90. The second-order valence-corrected chi connectivity index (χ2v) is 8.08. The van der Waals surface area contributed by atoms with Crippen LogP contribution < -0.4 is 0 Å². The van der Waals surface area contributed by atoms with Crippen LogP contribution in [0.25, 0.3) is 21.3 Å². The van der Waals surface area contributed by atoms with E-state index in [1.807, 2.05) is 38.1 Å². The summed E-state index contributed by atoms with van der Waals surface area (Å²) in [4.78, 5) is 19.2. The van der Waals surface area contributed by atoms with E-state index in [9.17, 15) is 9.90 Å². The van der Waals surface area contributed by atoms with Crippen molar-refractivity contribution in [2.24, 2.45) is 0 Å². The molecular weight excluding hydrogens is 374 g/mol. The largest absolute Gasteiger partial charge is 0.464 e. The maximum atomic E-state index is 12.4. The summed E-state index contributed by atoms with van der Waals surface area (Å²) in [5, 5.41) is 11.9. The highest BCUT2D eigenvalue weighted by atomic mass is 32.1. The lowest BCUT2D eigenvalue weighted by molar-refractivity contribution is -0.153. The van der Waals surface area contributed by atoms with E-state index in [0.29, 0.717) is 24.5 Å². The van der Waals surface area contributed by atoms with Crippen molar-refractivity contribution in [3.05, 3.63) is 51.5 Å². The molecule has 5 nitrogen and oxygen atoms in total. The minimum Gasteiger partial charge on any atom is -0.464 e. The number of aromatic nitrogens is 1. The summed E-state index contributed by atoms with van der Waals surface area (Å²) >= 11 is 1.63. The fourth-order valence-electron chi connectivity index (χ4n) is 3.78. The maximum absolute atomic E-state index is 12.4. The van der Waals surface area contributed by atoms with Crippen molar-refractivity contribution in [3.63, 3.8) is 0 Å². The fraction of sp³-hybridized carbons (Fsp3) is 0.364. The molecule has 1 aliphatic heterocycles. The summed E-state index contributed by atoms with van der Waals surface area (Å²) in [6.45, 7) is 7.07. The van der Waals surface area contributed by atoms with Crippen LogP contribution in [0.1, 0.15) is 40.3 Å². The van der Waals surface area contributed by atoms with E-state index in [1.165, 1.54) is 10.4 Å². The van der Waals surface area contributed by atoms with Gasteiger partial charge in [-0.25, -0.2) is 9.78 Å². The molecule has 6 heteroatoms. The smallest absolute Gasteiger partial charge is 0.339 e. The molecule has 2 aromatic heterocycles. The topological polar surface area (TPSA) is 68.7 Å². The number of esters is 1. The molecule has 0 saturated carbocycles. The van der Waals surface area contributed by atoms with E-state index in [1.54, 1.807) is 18.3 Å². The molecule has 1 atom stereocenters. The summed E-state index contributed by atoms with van der Waals surface area (Å²) < 4.78 is 10.7. The third-order valence-electron chi connectivity index (χ3n) is 5.10. The molecule has 1 N–H and O–H groups in total. The first kappa shape index (κ1) is 19.1.